The van der Waals surface area contributed by atoms with E-state index in [1.54, 1.807) is 0 Å². The van der Waals surface area contributed by atoms with Crippen molar-refractivity contribution >= 4 is 25.6 Å². The summed E-state index contributed by atoms with van der Waals surface area (Å²) in [7, 11) is -3.39. The van der Waals surface area contributed by atoms with Gasteiger partial charge in [-0.25, -0.2) is 9.36 Å². The highest BCUT2D eigenvalue weighted by atomic mass is 31.2. The zero-order valence-electron chi connectivity index (χ0n) is 14.0. The highest BCUT2D eigenvalue weighted by Crippen LogP contribution is 2.38. The molecule has 3 atom stereocenters. The molecule has 0 aliphatic carbocycles. The molecule has 144 valence electrons. The first-order valence-electron chi connectivity index (χ1n) is 7.78. The molecule has 11 nitrogen and oxygen atoms in total. The van der Waals surface area contributed by atoms with Crippen LogP contribution in [0.15, 0.2) is 0 Å². The Morgan fingerprint density at radius 3 is 2.48 bits per heavy atom. The molecule has 0 radical (unpaired) electrons. The minimum atomic E-state index is -4.90. The van der Waals surface area contributed by atoms with Gasteiger partial charge < -0.3 is 30.4 Å². The number of carboxylic acid groups (broad SMARTS) is 1. The van der Waals surface area contributed by atoms with Gasteiger partial charge in [0.25, 0.3) is 0 Å². The van der Waals surface area contributed by atoms with Crippen molar-refractivity contribution in [1.82, 2.24) is 15.5 Å². The Balaban J connectivity index is 3.02. The van der Waals surface area contributed by atoms with Crippen LogP contribution >= 0.6 is 7.82 Å². The summed E-state index contributed by atoms with van der Waals surface area (Å²) in [6.45, 7) is 1.27. The minimum Gasteiger partial charge on any atom is -0.480 e. The van der Waals surface area contributed by atoms with Crippen LogP contribution in [0.25, 0.3) is 0 Å². The van der Waals surface area contributed by atoms with Gasteiger partial charge in [-0.2, -0.15) is 0 Å². The van der Waals surface area contributed by atoms with E-state index >= 15 is 0 Å². The molecule has 1 heterocycles. The third-order valence-electron chi connectivity index (χ3n) is 3.76. The van der Waals surface area contributed by atoms with Gasteiger partial charge >= 0.3 is 13.8 Å². The van der Waals surface area contributed by atoms with Gasteiger partial charge in [-0.15, -0.1) is 0 Å². The molecule has 5 N–H and O–H groups in total. The van der Waals surface area contributed by atoms with Gasteiger partial charge in [-0.1, -0.05) is 0 Å². The van der Waals surface area contributed by atoms with Gasteiger partial charge in [0.1, 0.15) is 12.1 Å². The van der Waals surface area contributed by atoms with Crippen molar-refractivity contribution in [3.8, 4) is 0 Å². The number of carbonyl (C=O) groups is 3. The first kappa shape index (κ1) is 21.5. The number of hydrogen-bond acceptors (Lipinski definition) is 6. The lowest BCUT2D eigenvalue weighted by Gasteiger charge is -2.36. The predicted molar refractivity (Wildman–Crippen MR) is 85.4 cm³/mol. The third-order valence-corrected chi connectivity index (χ3v) is 4.37. The SMILES string of the molecule is CNCC(=O)N[C@@H](C(=O)N1CCCC[C@H]1C(=O)O)[C@H](C)OP(=O)(O)O. The Bertz CT molecular complexity index is 551. The average Bonchev–Trinajstić information content (AvgIpc) is 2.50. The summed E-state index contributed by atoms with van der Waals surface area (Å²) in [5, 5.41) is 14.2. The molecule has 0 aromatic carbocycles. The fourth-order valence-corrected chi connectivity index (χ4v) is 3.23. The van der Waals surface area contributed by atoms with E-state index in [-0.39, 0.29) is 19.5 Å². The van der Waals surface area contributed by atoms with Crippen LogP contribution in [0.1, 0.15) is 26.2 Å². The number of aliphatic carboxylic acids is 1. The number of amides is 2. The standard InChI is InChI=1S/C13H24N3O8P/c1-8(24-25(21,22)23)11(15-10(17)7-14-2)12(18)16-6-4-3-5-9(16)13(19)20/h8-9,11,14H,3-7H2,1-2H3,(H,15,17)(H,19,20)(H2,21,22,23)/t8-,9-,11+/m0/s1. The molecule has 1 fully saturated rings. The zero-order valence-corrected chi connectivity index (χ0v) is 14.9. The summed E-state index contributed by atoms with van der Waals surface area (Å²) in [5.74, 6) is -2.51. The first-order valence-corrected chi connectivity index (χ1v) is 9.31. The molecule has 1 saturated heterocycles. The second-order valence-corrected chi connectivity index (χ2v) is 6.95. The van der Waals surface area contributed by atoms with Gasteiger partial charge in [0.05, 0.1) is 12.6 Å². The van der Waals surface area contributed by atoms with Crippen molar-refractivity contribution < 1.29 is 38.4 Å². The number of piperidine rings is 1. The number of nitrogens with one attached hydrogen (secondary N) is 2. The molecule has 0 saturated carbocycles. The molecule has 0 spiro atoms. The fraction of sp³-hybridized carbons (Fsp3) is 0.769. The molecular formula is C13H24N3O8P. The Labute approximate surface area is 145 Å². The largest absolute Gasteiger partial charge is 0.480 e. The molecule has 1 aliphatic heterocycles. The van der Waals surface area contributed by atoms with E-state index < -0.39 is 43.8 Å². The van der Waals surface area contributed by atoms with E-state index in [0.717, 1.165) is 4.90 Å². The number of phosphoric ester groups is 1. The second-order valence-electron chi connectivity index (χ2n) is 5.76. The van der Waals surface area contributed by atoms with Gasteiger partial charge in [0.15, 0.2) is 0 Å². The molecule has 2 amide bonds. The summed E-state index contributed by atoms with van der Waals surface area (Å²) in [6.07, 6.45) is 0.156. The number of carbonyl (C=O) groups excluding carboxylic acids is 2. The lowest BCUT2D eigenvalue weighted by atomic mass is 10.00. The maximum Gasteiger partial charge on any atom is 0.469 e. The number of phosphoric acid groups is 1. The van der Waals surface area contributed by atoms with Crippen LogP contribution in [0.2, 0.25) is 0 Å². The van der Waals surface area contributed by atoms with Gasteiger partial charge in [-0.3, -0.25) is 14.1 Å². The average molecular weight is 381 g/mol. The van der Waals surface area contributed by atoms with E-state index in [9.17, 15) is 24.1 Å². The van der Waals surface area contributed by atoms with Crippen LogP contribution in [-0.2, 0) is 23.5 Å². The molecule has 12 heteroatoms. The van der Waals surface area contributed by atoms with E-state index in [1.807, 2.05) is 0 Å². The van der Waals surface area contributed by atoms with Crippen LogP contribution in [0.5, 0.6) is 0 Å². The number of rotatable bonds is 8. The lowest BCUT2D eigenvalue weighted by Crippen LogP contribution is -2.59. The van der Waals surface area contributed by atoms with Crippen LogP contribution < -0.4 is 10.6 Å². The second kappa shape index (κ2) is 9.25. The normalized spacial score (nSPS) is 20.6. The molecule has 1 rings (SSSR count). The molecule has 0 aromatic rings. The van der Waals surface area contributed by atoms with E-state index in [0.29, 0.717) is 12.8 Å². The maximum absolute atomic E-state index is 12.8. The van der Waals surface area contributed by atoms with Crippen LogP contribution in [0.4, 0.5) is 0 Å². The Morgan fingerprint density at radius 2 is 1.96 bits per heavy atom. The first-order chi connectivity index (χ1) is 11.6. The summed E-state index contributed by atoms with van der Waals surface area (Å²) < 4.78 is 15.6. The summed E-state index contributed by atoms with van der Waals surface area (Å²) in [6, 6.07) is -2.47. The quantitative estimate of drug-likeness (QED) is 0.320. The molecule has 0 aromatic heterocycles. The summed E-state index contributed by atoms with van der Waals surface area (Å²) in [5.41, 5.74) is 0. The Kier molecular flexibility index (Phi) is 7.97. The van der Waals surface area contributed by atoms with Crippen LogP contribution in [0, 0.1) is 0 Å². The Hall–Kier alpha value is -1.52. The lowest BCUT2D eigenvalue weighted by molar-refractivity contribution is -0.154. The highest BCUT2D eigenvalue weighted by molar-refractivity contribution is 7.46. The van der Waals surface area contributed by atoms with E-state index in [1.165, 1.54) is 14.0 Å². The molecule has 0 bridgehead atoms. The van der Waals surface area contributed by atoms with Crippen molar-refractivity contribution in [2.24, 2.45) is 0 Å². The fourth-order valence-electron chi connectivity index (χ4n) is 2.67. The smallest absolute Gasteiger partial charge is 0.469 e. The minimum absolute atomic E-state index is 0.130. The molecule has 0 unspecified atom stereocenters. The number of nitrogens with zero attached hydrogens (tertiary/aromatic N) is 1. The van der Waals surface area contributed by atoms with E-state index in [4.69, 9.17) is 9.79 Å². The third kappa shape index (κ3) is 6.71. The van der Waals surface area contributed by atoms with Crippen molar-refractivity contribution in [2.75, 3.05) is 20.1 Å². The molecular weight excluding hydrogens is 357 g/mol. The molecule has 25 heavy (non-hydrogen) atoms. The van der Waals surface area contributed by atoms with Gasteiger partial charge in [0, 0.05) is 6.54 Å². The van der Waals surface area contributed by atoms with Crippen LogP contribution in [-0.4, -0.2) is 75.9 Å². The predicted octanol–water partition coefficient (Wildman–Crippen LogP) is -1.35. The van der Waals surface area contributed by atoms with E-state index in [2.05, 4.69) is 15.2 Å². The topological polar surface area (TPSA) is 166 Å². The summed E-state index contributed by atoms with van der Waals surface area (Å²) >= 11 is 0. The molecule has 1 aliphatic rings. The van der Waals surface area contributed by atoms with Crippen molar-refractivity contribution in [3.05, 3.63) is 0 Å². The summed E-state index contributed by atoms with van der Waals surface area (Å²) in [4.78, 5) is 55.0. The number of likely N-dealkylation sites (tertiary alicyclic amines) is 1. The van der Waals surface area contributed by atoms with Gasteiger partial charge in [0.2, 0.25) is 11.8 Å². The highest BCUT2D eigenvalue weighted by Gasteiger charge is 2.40. The van der Waals surface area contributed by atoms with Gasteiger partial charge in [-0.05, 0) is 33.2 Å². The van der Waals surface area contributed by atoms with Crippen molar-refractivity contribution in [3.63, 3.8) is 0 Å². The monoisotopic (exact) mass is 381 g/mol. The van der Waals surface area contributed by atoms with Crippen molar-refractivity contribution in [2.45, 2.75) is 44.4 Å². The number of carboxylic acids is 1. The Morgan fingerprint density at radius 1 is 1.32 bits per heavy atom. The number of hydrogen-bond donors (Lipinski definition) is 5. The van der Waals surface area contributed by atoms with Crippen molar-refractivity contribution in [1.29, 1.82) is 0 Å². The number of likely N-dealkylation sites (N-methyl/N-ethyl adjacent to an activating group) is 1. The zero-order chi connectivity index (χ0) is 19.2. The maximum atomic E-state index is 12.8. The van der Waals surface area contributed by atoms with Crippen LogP contribution in [0.3, 0.4) is 0 Å².